The summed E-state index contributed by atoms with van der Waals surface area (Å²) in [5, 5.41) is 0. The van der Waals surface area contributed by atoms with Crippen molar-refractivity contribution in [3.8, 4) is 5.75 Å². The molecule has 0 N–H and O–H groups in total. The van der Waals surface area contributed by atoms with Crippen LogP contribution in [-0.2, 0) is 22.6 Å². The smallest absolute Gasteiger partial charge is 0.282 e. The fraction of sp³-hybridized carbons (Fsp3) is 0.241. The first-order valence-corrected chi connectivity index (χ1v) is 11.7. The number of aryl methyl sites for hydroxylation is 2. The Hall–Kier alpha value is -3.86. The predicted molar refractivity (Wildman–Crippen MR) is 133 cm³/mol. The Kier molecular flexibility index (Phi) is 5.70. The summed E-state index contributed by atoms with van der Waals surface area (Å²) in [6, 6.07) is 21.6. The number of rotatable bonds is 5. The number of fused-ring (bicyclic) bond motifs is 1. The van der Waals surface area contributed by atoms with Gasteiger partial charge in [0.15, 0.2) is 0 Å². The van der Waals surface area contributed by atoms with E-state index in [1.807, 2.05) is 75.4 Å². The third-order valence-corrected chi connectivity index (χ3v) is 6.57. The second-order valence-electron chi connectivity index (χ2n) is 8.86. The van der Waals surface area contributed by atoms with Gasteiger partial charge in [0, 0.05) is 13.1 Å². The zero-order chi connectivity index (χ0) is 23.8. The summed E-state index contributed by atoms with van der Waals surface area (Å²) in [7, 11) is 0. The highest BCUT2D eigenvalue weighted by Gasteiger charge is 2.43. The molecule has 3 aromatic carbocycles. The molecule has 0 atom stereocenters. The highest BCUT2D eigenvalue weighted by Crippen LogP contribution is 2.38. The van der Waals surface area contributed by atoms with Crippen LogP contribution in [0.5, 0.6) is 5.75 Å². The molecule has 0 saturated carbocycles. The Morgan fingerprint density at radius 3 is 2.35 bits per heavy atom. The van der Waals surface area contributed by atoms with Crippen LogP contribution in [0.4, 0.5) is 5.69 Å². The molecule has 5 heteroatoms. The van der Waals surface area contributed by atoms with Gasteiger partial charge in [-0.3, -0.25) is 9.59 Å². The van der Waals surface area contributed by atoms with E-state index in [4.69, 9.17) is 4.74 Å². The fourth-order valence-corrected chi connectivity index (χ4v) is 4.82. The molecule has 0 aromatic heterocycles. The van der Waals surface area contributed by atoms with Gasteiger partial charge in [-0.15, -0.1) is 0 Å². The average Bonchev–Trinajstić information content (AvgIpc) is 3.11. The minimum absolute atomic E-state index is 0.262. The molecule has 0 radical (unpaired) electrons. The van der Waals surface area contributed by atoms with Crippen LogP contribution in [0.3, 0.4) is 0 Å². The normalized spacial score (nSPS) is 15.7. The van der Waals surface area contributed by atoms with E-state index in [9.17, 15) is 9.59 Å². The van der Waals surface area contributed by atoms with Gasteiger partial charge in [0.05, 0.1) is 17.9 Å². The van der Waals surface area contributed by atoms with Crippen LogP contribution in [0.25, 0.3) is 5.57 Å². The number of hydrogen-bond donors (Lipinski definition) is 0. The molecule has 2 aliphatic rings. The predicted octanol–water partition coefficient (Wildman–Crippen LogP) is 5.04. The number of nitrogens with zero attached hydrogens (tertiary/aromatic N) is 2. The first-order chi connectivity index (χ1) is 16.5. The number of carbonyl (C=O) groups excluding carboxylic acids is 2. The van der Waals surface area contributed by atoms with Crippen LogP contribution < -0.4 is 9.64 Å². The molecule has 2 amide bonds. The van der Waals surface area contributed by atoms with E-state index >= 15 is 0 Å². The highest BCUT2D eigenvalue weighted by atomic mass is 16.5. The van der Waals surface area contributed by atoms with E-state index in [1.54, 1.807) is 0 Å². The molecule has 0 aliphatic carbocycles. The number of ether oxygens (including phenoxy) is 1. The molecular formula is C29H28N2O3. The van der Waals surface area contributed by atoms with E-state index < -0.39 is 0 Å². The summed E-state index contributed by atoms with van der Waals surface area (Å²) in [6.07, 6.45) is 0.834. The van der Waals surface area contributed by atoms with Crippen molar-refractivity contribution in [2.75, 3.05) is 18.1 Å². The van der Waals surface area contributed by atoms with Crippen molar-refractivity contribution in [2.24, 2.45) is 0 Å². The van der Waals surface area contributed by atoms with Gasteiger partial charge in [-0.1, -0.05) is 48.5 Å². The first-order valence-electron chi connectivity index (χ1n) is 11.7. The van der Waals surface area contributed by atoms with Crippen LogP contribution in [0, 0.1) is 13.8 Å². The Balaban J connectivity index is 1.62. The van der Waals surface area contributed by atoms with Gasteiger partial charge in [0.1, 0.15) is 11.4 Å². The third kappa shape index (κ3) is 3.77. The summed E-state index contributed by atoms with van der Waals surface area (Å²) in [5.74, 6) is 0.196. The van der Waals surface area contributed by atoms with Crippen LogP contribution in [-0.4, -0.2) is 29.9 Å². The lowest BCUT2D eigenvalue weighted by Gasteiger charge is -2.31. The number of anilines is 1. The summed E-state index contributed by atoms with van der Waals surface area (Å²) in [6.45, 7) is 7.69. The second-order valence-corrected chi connectivity index (χ2v) is 8.86. The Morgan fingerprint density at radius 2 is 1.62 bits per heavy atom. The molecule has 3 aromatic rings. The summed E-state index contributed by atoms with van der Waals surface area (Å²) >= 11 is 0. The molecular weight excluding hydrogens is 424 g/mol. The summed E-state index contributed by atoms with van der Waals surface area (Å²) < 4.78 is 5.58. The summed E-state index contributed by atoms with van der Waals surface area (Å²) in [5.41, 5.74) is 6.68. The van der Waals surface area contributed by atoms with Crippen LogP contribution >= 0.6 is 0 Å². The zero-order valence-corrected chi connectivity index (χ0v) is 19.8. The maximum Gasteiger partial charge on any atom is 0.282 e. The van der Waals surface area contributed by atoms with Crippen LogP contribution in [0.15, 0.2) is 72.4 Å². The Labute approximate surface area is 200 Å². The van der Waals surface area contributed by atoms with Crippen molar-refractivity contribution in [1.82, 2.24) is 4.90 Å². The fourth-order valence-electron chi connectivity index (χ4n) is 4.82. The molecule has 2 aliphatic heterocycles. The lowest BCUT2D eigenvalue weighted by molar-refractivity contribution is -0.120. The van der Waals surface area contributed by atoms with Crippen molar-refractivity contribution in [2.45, 2.75) is 33.7 Å². The van der Waals surface area contributed by atoms with Crippen molar-refractivity contribution < 1.29 is 14.3 Å². The molecule has 172 valence electrons. The molecule has 0 saturated heterocycles. The van der Waals surface area contributed by atoms with Crippen molar-refractivity contribution >= 4 is 23.1 Å². The maximum atomic E-state index is 13.9. The van der Waals surface area contributed by atoms with Gasteiger partial charge in [0.25, 0.3) is 11.8 Å². The number of imide groups is 1. The highest BCUT2D eigenvalue weighted by molar-refractivity contribution is 6.45. The van der Waals surface area contributed by atoms with E-state index in [1.165, 1.54) is 16.0 Å². The minimum Gasteiger partial charge on any atom is -0.494 e. The molecule has 0 unspecified atom stereocenters. The zero-order valence-electron chi connectivity index (χ0n) is 19.8. The molecule has 2 heterocycles. The molecule has 0 fully saturated rings. The number of carbonyl (C=O) groups is 2. The number of benzene rings is 3. The molecule has 0 spiro atoms. The Bertz CT molecular complexity index is 1310. The van der Waals surface area contributed by atoms with Gasteiger partial charge in [-0.25, -0.2) is 4.90 Å². The standard InChI is InChI=1S/C29H28N2O3/c1-4-34-24-13-11-22(12-14-24)26-27(30-16-15-21-7-5-6-8-23(21)18-30)29(33)31(28(26)32)25-17-19(2)9-10-20(25)3/h5-14,17H,4,15-16,18H2,1-3H3. The average molecular weight is 453 g/mol. The van der Waals surface area contributed by atoms with Gasteiger partial charge < -0.3 is 9.64 Å². The summed E-state index contributed by atoms with van der Waals surface area (Å²) in [4.78, 5) is 31.2. The topological polar surface area (TPSA) is 49.9 Å². The molecule has 5 nitrogen and oxygen atoms in total. The van der Waals surface area contributed by atoms with Gasteiger partial charge in [-0.2, -0.15) is 0 Å². The van der Waals surface area contributed by atoms with Crippen molar-refractivity contribution in [1.29, 1.82) is 0 Å². The van der Waals surface area contributed by atoms with Gasteiger partial charge in [-0.05, 0) is 73.2 Å². The number of amides is 2. The van der Waals surface area contributed by atoms with Gasteiger partial charge >= 0.3 is 0 Å². The van der Waals surface area contributed by atoms with Crippen LogP contribution in [0.2, 0.25) is 0 Å². The molecule has 5 rings (SSSR count). The van der Waals surface area contributed by atoms with E-state index in [2.05, 4.69) is 17.0 Å². The van der Waals surface area contributed by atoms with Gasteiger partial charge in [0.2, 0.25) is 0 Å². The van der Waals surface area contributed by atoms with Crippen LogP contribution in [0.1, 0.15) is 34.7 Å². The third-order valence-electron chi connectivity index (χ3n) is 6.57. The number of hydrogen-bond acceptors (Lipinski definition) is 4. The lowest BCUT2D eigenvalue weighted by atomic mass is 9.98. The SMILES string of the molecule is CCOc1ccc(C2=C(N3CCc4ccccc4C3)C(=O)N(c3cc(C)ccc3C)C2=O)cc1. The second kappa shape index (κ2) is 8.82. The minimum atomic E-state index is -0.281. The van der Waals surface area contributed by atoms with E-state index in [0.717, 1.165) is 28.9 Å². The molecule has 34 heavy (non-hydrogen) atoms. The van der Waals surface area contributed by atoms with Crippen molar-refractivity contribution in [3.05, 3.63) is 100 Å². The monoisotopic (exact) mass is 452 g/mol. The van der Waals surface area contributed by atoms with Crippen molar-refractivity contribution in [3.63, 3.8) is 0 Å². The quantitative estimate of drug-likeness (QED) is 0.509. The molecule has 0 bridgehead atoms. The van der Waals surface area contributed by atoms with E-state index in [0.29, 0.717) is 36.7 Å². The maximum absolute atomic E-state index is 13.9. The first kappa shape index (κ1) is 22.0. The van der Waals surface area contributed by atoms with E-state index in [-0.39, 0.29) is 11.8 Å². The Morgan fingerprint density at radius 1 is 0.882 bits per heavy atom. The largest absolute Gasteiger partial charge is 0.494 e. The lowest BCUT2D eigenvalue weighted by Crippen LogP contribution is -2.37.